The SMILES string of the molecule is CC(C)=CCC/C(C)=C/Cc1c(O)cc(C)oc1=O.CC(C)=CCCC(C)(Oc1cc(C)oc(=O)c1)C1CC=C(C)CC1.CCCCC(CC)Oc1cc(C)oc(=O)c1. The standard InChI is InChI=1S/C21H30O3.C16H22O3.C13H20O3/c1-15(2)7-6-12-21(5,18-10-8-16(3)9-11-18)24-19-13-17(4)23-20(22)14-19;1-11(2)6-5-7-12(3)8-9-14-15(17)10-13(4)19-16(14)18;1-4-6-7-11(5-2)16-12-8-10(3)15-13(14)9-12/h7-8,13-14,18H,6,9-12H2,1-5H3;6,8,10,17H,5,7,9H2,1-4H3;8-9,11H,4-7H2,1-3H3/b;12-8+;. The summed E-state index contributed by atoms with van der Waals surface area (Å²) in [5, 5.41) is 9.74. The van der Waals surface area contributed by atoms with E-state index in [0.29, 0.717) is 46.7 Å². The average Bonchev–Trinajstić information content (AvgIpc) is 3.12. The fraction of sp³-hybridized carbons (Fsp3) is 0.540. The molecule has 1 aliphatic carbocycles. The van der Waals surface area contributed by atoms with Crippen LogP contribution in [0.4, 0.5) is 0 Å². The number of aromatic hydroxyl groups is 1. The van der Waals surface area contributed by atoms with Gasteiger partial charge in [-0.15, -0.1) is 0 Å². The normalized spacial score (nSPS) is 15.2. The lowest BCUT2D eigenvalue weighted by Crippen LogP contribution is -2.41. The summed E-state index contributed by atoms with van der Waals surface area (Å²) in [5.41, 5.74) is 4.20. The van der Waals surface area contributed by atoms with Crippen LogP contribution in [0.15, 0.2) is 105 Å². The van der Waals surface area contributed by atoms with Crippen molar-refractivity contribution in [3.05, 3.63) is 131 Å². The Balaban J connectivity index is 0.000000312. The largest absolute Gasteiger partial charge is 0.507 e. The lowest BCUT2D eigenvalue weighted by Gasteiger charge is -2.39. The van der Waals surface area contributed by atoms with Crippen molar-refractivity contribution in [1.82, 2.24) is 0 Å². The maximum absolute atomic E-state index is 11.7. The van der Waals surface area contributed by atoms with Gasteiger partial charge in [0.05, 0.1) is 23.8 Å². The van der Waals surface area contributed by atoms with Gasteiger partial charge in [-0.2, -0.15) is 0 Å². The number of ether oxygens (including phenoxy) is 2. The molecular weight excluding hydrogens is 745 g/mol. The Morgan fingerprint density at radius 1 is 0.831 bits per heavy atom. The van der Waals surface area contributed by atoms with Crippen molar-refractivity contribution in [3.8, 4) is 17.2 Å². The average molecular weight is 817 g/mol. The van der Waals surface area contributed by atoms with Crippen molar-refractivity contribution in [3.63, 3.8) is 0 Å². The Labute approximate surface area is 352 Å². The molecule has 0 fully saturated rings. The smallest absolute Gasteiger partial charge is 0.343 e. The molecule has 1 N–H and O–H groups in total. The van der Waals surface area contributed by atoms with Crippen molar-refractivity contribution >= 4 is 0 Å². The van der Waals surface area contributed by atoms with Gasteiger partial charge < -0.3 is 27.8 Å². The Hall–Kier alpha value is -4.79. The number of aryl methyl sites for hydroxylation is 3. The molecule has 0 amide bonds. The zero-order chi connectivity index (χ0) is 44.1. The van der Waals surface area contributed by atoms with Gasteiger partial charge in [0.15, 0.2) is 0 Å². The summed E-state index contributed by atoms with van der Waals surface area (Å²) in [6, 6.07) is 7.90. The van der Waals surface area contributed by atoms with E-state index in [1.54, 1.807) is 26.8 Å². The summed E-state index contributed by atoms with van der Waals surface area (Å²) < 4.78 is 27.1. The second kappa shape index (κ2) is 25.6. The number of hydrogen-bond acceptors (Lipinski definition) is 9. The second-order valence-electron chi connectivity index (χ2n) is 16.6. The molecule has 0 radical (unpaired) electrons. The molecule has 0 aliphatic heterocycles. The molecule has 3 heterocycles. The van der Waals surface area contributed by atoms with E-state index in [1.165, 1.54) is 40.5 Å². The predicted molar refractivity (Wildman–Crippen MR) is 240 cm³/mol. The summed E-state index contributed by atoms with van der Waals surface area (Å²) >= 11 is 0. The quantitative estimate of drug-likeness (QED) is 0.132. The predicted octanol–water partition coefficient (Wildman–Crippen LogP) is 12.8. The van der Waals surface area contributed by atoms with E-state index in [4.69, 9.17) is 22.7 Å². The molecule has 326 valence electrons. The number of unbranched alkanes of at least 4 members (excludes halogenated alkanes) is 1. The van der Waals surface area contributed by atoms with Gasteiger partial charge in [0.2, 0.25) is 0 Å². The molecular formula is C50H72O9. The van der Waals surface area contributed by atoms with Gasteiger partial charge in [-0.05, 0) is 127 Å². The molecule has 0 bridgehead atoms. The van der Waals surface area contributed by atoms with E-state index in [9.17, 15) is 19.5 Å². The maximum atomic E-state index is 11.7. The first kappa shape index (κ1) is 50.4. The Morgan fingerprint density at radius 3 is 1.97 bits per heavy atom. The molecule has 3 atom stereocenters. The van der Waals surface area contributed by atoms with E-state index in [2.05, 4.69) is 73.6 Å². The van der Waals surface area contributed by atoms with E-state index in [0.717, 1.165) is 70.6 Å². The first-order valence-electron chi connectivity index (χ1n) is 21.3. The molecule has 0 spiro atoms. The van der Waals surface area contributed by atoms with Gasteiger partial charge in [-0.3, -0.25) is 0 Å². The van der Waals surface area contributed by atoms with Gasteiger partial charge in [0.1, 0.15) is 40.1 Å². The van der Waals surface area contributed by atoms with Crippen molar-refractivity contribution < 1.29 is 27.8 Å². The third-order valence-corrected chi connectivity index (χ3v) is 10.3. The van der Waals surface area contributed by atoms with Crippen LogP contribution in [0.3, 0.4) is 0 Å². The molecule has 9 nitrogen and oxygen atoms in total. The Kier molecular flexibility index (Phi) is 21.9. The lowest BCUT2D eigenvalue weighted by atomic mass is 9.76. The zero-order valence-electron chi connectivity index (χ0n) is 38.0. The van der Waals surface area contributed by atoms with Gasteiger partial charge in [-0.25, -0.2) is 14.4 Å². The number of allylic oxidation sites excluding steroid dienone is 8. The van der Waals surface area contributed by atoms with Gasteiger partial charge in [-0.1, -0.05) is 73.3 Å². The minimum absolute atomic E-state index is 0.0158. The molecule has 9 heteroatoms. The van der Waals surface area contributed by atoms with Crippen molar-refractivity contribution in [1.29, 1.82) is 0 Å². The highest BCUT2D eigenvalue weighted by Crippen LogP contribution is 2.38. The number of hydrogen-bond donors (Lipinski definition) is 1. The Bertz CT molecular complexity index is 2050. The minimum Gasteiger partial charge on any atom is -0.507 e. The van der Waals surface area contributed by atoms with Crippen LogP contribution in [0.25, 0.3) is 0 Å². The third kappa shape index (κ3) is 19.7. The van der Waals surface area contributed by atoms with Crippen LogP contribution in [-0.4, -0.2) is 16.8 Å². The van der Waals surface area contributed by atoms with Crippen LogP contribution in [0.5, 0.6) is 17.2 Å². The van der Waals surface area contributed by atoms with Crippen LogP contribution in [0.2, 0.25) is 0 Å². The lowest BCUT2D eigenvalue weighted by molar-refractivity contribution is 0.0124. The summed E-state index contributed by atoms with van der Waals surface area (Å²) in [4.78, 5) is 34.4. The first-order chi connectivity index (χ1) is 27.8. The van der Waals surface area contributed by atoms with Crippen LogP contribution in [-0.2, 0) is 6.42 Å². The monoisotopic (exact) mass is 817 g/mol. The second-order valence-corrected chi connectivity index (χ2v) is 16.6. The summed E-state index contributed by atoms with van der Waals surface area (Å²) in [6.07, 6.45) is 20.9. The molecule has 3 aromatic heterocycles. The third-order valence-electron chi connectivity index (χ3n) is 10.3. The first-order valence-corrected chi connectivity index (χ1v) is 21.3. The zero-order valence-corrected chi connectivity index (χ0v) is 38.0. The van der Waals surface area contributed by atoms with Gasteiger partial charge in [0.25, 0.3) is 0 Å². The fourth-order valence-electron chi connectivity index (χ4n) is 6.80. The van der Waals surface area contributed by atoms with Gasteiger partial charge in [0, 0.05) is 30.5 Å². The molecule has 1 aliphatic rings. The van der Waals surface area contributed by atoms with E-state index in [-0.39, 0.29) is 28.7 Å². The molecule has 0 aromatic carbocycles. The molecule has 3 aromatic rings. The Morgan fingerprint density at radius 2 is 1.42 bits per heavy atom. The maximum Gasteiger partial charge on any atom is 0.343 e. The van der Waals surface area contributed by atoms with Crippen LogP contribution in [0.1, 0.15) is 156 Å². The van der Waals surface area contributed by atoms with E-state index >= 15 is 0 Å². The highest BCUT2D eigenvalue weighted by atomic mass is 16.5. The van der Waals surface area contributed by atoms with E-state index < -0.39 is 5.63 Å². The van der Waals surface area contributed by atoms with Crippen molar-refractivity contribution in [2.75, 3.05) is 0 Å². The van der Waals surface area contributed by atoms with Crippen LogP contribution in [0, 0.1) is 26.7 Å². The summed E-state index contributed by atoms with van der Waals surface area (Å²) in [5.74, 6) is 3.32. The molecule has 4 rings (SSSR count). The topological polar surface area (TPSA) is 129 Å². The van der Waals surface area contributed by atoms with Gasteiger partial charge >= 0.3 is 16.9 Å². The molecule has 3 unspecified atom stereocenters. The summed E-state index contributed by atoms with van der Waals surface area (Å²) in [6.45, 7) is 24.3. The van der Waals surface area contributed by atoms with Crippen molar-refractivity contribution in [2.45, 2.75) is 172 Å². The molecule has 59 heavy (non-hydrogen) atoms. The van der Waals surface area contributed by atoms with Crippen molar-refractivity contribution in [2.24, 2.45) is 5.92 Å². The molecule has 0 saturated carbocycles. The number of rotatable bonds is 17. The highest BCUT2D eigenvalue weighted by Gasteiger charge is 2.36. The van der Waals surface area contributed by atoms with E-state index in [1.807, 2.05) is 19.1 Å². The highest BCUT2D eigenvalue weighted by molar-refractivity contribution is 5.32. The summed E-state index contributed by atoms with van der Waals surface area (Å²) in [7, 11) is 0. The van der Waals surface area contributed by atoms with Crippen LogP contribution >= 0.6 is 0 Å². The fourth-order valence-corrected chi connectivity index (χ4v) is 6.80. The minimum atomic E-state index is -0.453. The molecule has 0 saturated heterocycles. The van der Waals surface area contributed by atoms with Crippen LogP contribution < -0.4 is 26.4 Å².